The van der Waals surface area contributed by atoms with Crippen molar-refractivity contribution in [3.8, 4) is 0 Å². The first-order valence-electron chi connectivity index (χ1n) is 8.79. The first-order valence-corrected chi connectivity index (χ1v) is 11.0. The second-order valence-corrected chi connectivity index (χ2v) is 9.94. The molecule has 0 bridgehead atoms. The smallest absolute Gasteiger partial charge is 0.288 e. The molecule has 2 aromatic rings. The number of hydrogen-bond acceptors (Lipinski definition) is 6. The molecule has 1 atom stereocenters. The second kappa shape index (κ2) is 7.62. The van der Waals surface area contributed by atoms with Crippen molar-refractivity contribution >= 4 is 22.1 Å². The van der Waals surface area contributed by atoms with Gasteiger partial charge >= 0.3 is 0 Å². The minimum atomic E-state index is -2.97. The molecule has 1 aliphatic rings. The third-order valence-electron chi connectivity index (χ3n) is 4.68. The molecule has 1 aliphatic heterocycles. The fraction of sp³-hybridized carbons (Fsp3) is 0.556. The Hall–Kier alpha value is -1.51. The van der Waals surface area contributed by atoms with E-state index >= 15 is 0 Å². The van der Waals surface area contributed by atoms with Gasteiger partial charge in [-0.3, -0.25) is 4.90 Å². The first-order chi connectivity index (χ1) is 12.2. The minimum absolute atomic E-state index is 0.0975. The van der Waals surface area contributed by atoms with Gasteiger partial charge in [0.2, 0.25) is 5.89 Å². The van der Waals surface area contributed by atoms with Crippen LogP contribution in [-0.2, 0) is 23.1 Å². The van der Waals surface area contributed by atoms with Crippen LogP contribution in [0.1, 0.15) is 49.1 Å². The van der Waals surface area contributed by atoms with Gasteiger partial charge in [0, 0.05) is 6.54 Å². The third kappa shape index (κ3) is 4.61. The van der Waals surface area contributed by atoms with Crippen molar-refractivity contribution < 1.29 is 12.8 Å². The van der Waals surface area contributed by atoms with E-state index in [1.165, 1.54) is 11.1 Å². The van der Waals surface area contributed by atoms with Gasteiger partial charge < -0.3 is 4.42 Å². The van der Waals surface area contributed by atoms with Gasteiger partial charge in [0.25, 0.3) is 4.84 Å². The van der Waals surface area contributed by atoms with E-state index in [1.807, 2.05) is 7.05 Å². The van der Waals surface area contributed by atoms with E-state index in [0.29, 0.717) is 24.9 Å². The standard InChI is InChI=1S/C18H25N3O3S2/c1-13(2)15-6-4-14(5-7-15)10-20(3)12-21-18(25)24-17(19-21)16-8-9-26(22,23)11-16/h4-7,13,16H,8-12H2,1-3H3/t16-/m0/s1. The van der Waals surface area contributed by atoms with E-state index in [9.17, 15) is 8.42 Å². The van der Waals surface area contributed by atoms with Crippen molar-refractivity contribution in [3.63, 3.8) is 0 Å². The number of aromatic nitrogens is 2. The Balaban J connectivity index is 1.64. The number of rotatable bonds is 6. The van der Waals surface area contributed by atoms with Crippen molar-refractivity contribution in [3.05, 3.63) is 46.1 Å². The van der Waals surface area contributed by atoms with Crippen molar-refractivity contribution in [1.29, 1.82) is 0 Å². The molecular formula is C18H25N3O3S2. The summed E-state index contributed by atoms with van der Waals surface area (Å²) in [7, 11) is -0.982. The summed E-state index contributed by atoms with van der Waals surface area (Å²) in [6.07, 6.45) is 0.551. The van der Waals surface area contributed by atoms with E-state index in [2.05, 4.69) is 48.1 Å². The number of hydrogen-bond donors (Lipinski definition) is 0. The molecule has 6 nitrogen and oxygen atoms in total. The van der Waals surface area contributed by atoms with Crippen molar-refractivity contribution in [2.24, 2.45) is 0 Å². The molecule has 0 spiro atoms. The Morgan fingerprint density at radius 3 is 2.62 bits per heavy atom. The maximum Gasteiger partial charge on any atom is 0.288 e. The van der Waals surface area contributed by atoms with Crippen LogP contribution in [0.15, 0.2) is 28.7 Å². The Morgan fingerprint density at radius 1 is 1.35 bits per heavy atom. The molecule has 3 rings (SSSR count). The van der Waals surface area contributed by atoms with E-state index in [0.717, 1.165) is 6.54 Å². The van der Waals surface area contributed by atoms with Gasteiger partial charge in [0.15, 0.2) is 9.84 Å². The maximum absolute atomic E-state index is 11.6. The lowest BCUT2D eigenvalue weighted by molar-refractivity contribution is 0.240. The zero-order valence-electron chi connectivity index (χ0n) is 15.4. The predicted octanol–water partition coefficient (Wildman–Crippen LogP) is 3.32. The number of benzene rings is 1. The average Bonchev–Trinajstić information content (AvgIpc) is 3.10. The summed E-state index contributed by atoms with van der Waals surface area (Å²) in [5.74, 6) is 1.06. The average molecular weight is 396 g/mol. The van der Waals surface area contributed by atoms with Crippen molar-refractivity contribution in [1.82, 2.24) is 14.7 Å². The molecule has 0 radical (unpaired) electrons. The highest BCUT2D eigenvalue weighted by Crippen LogP contribution is 2.27. The monoisotopic (exact) mass is 395 g/mol. The Bertz CT molecular complexity index is 914. The summed E-state index contributed by atoms with van der Waals surface area (Å²) in [4.78, 5) is 2.38. The molecule has 1 aromatic carbocycles. The van der Waals surface area contributed by atoms with Crippen LogP contribution in [0.4, 0.5) is 0 Å². The van der Waals surface area contributed by atoms with Crippen LogP contribution in [0.3, 0.4) is 0 Å². The van der Waals surface area contributed by atoms with E-state index in [-0.39, 0.29) is 22.3 Å². The third-order valence-corrected chi connectivity index (χ3v) is 6.74. The van der Waals surface area contributed by atoms with Crippen molar-refractivity contribution in [2.45, 2.75) is 45.3 Å². The minimum Gasteiger partial charge on any atom is -0.414 e. The van der Waals surface area contributed by atoms with Gasteiger partial charge in [-0.15, -0.1) is 5.10 Å². The van der Waals surface area contributed by atoms with Gasteiger partial charge in [0.1, 0.15) is 0 Å². The largest absolute Gasteiger partial charge is 0.414 e. The summed E-state index contributed by atoms with van der Waals surface area (Å²) < 4.78 is 30.5. The number of nitrogens with zero attached hydrogens (tertiary/aromatic N) is 3. The van der Waals surface area contributed by atoms with Gasteiger partial charge in [-0.1, -0.05) is 38.1 Å². The lowest BCUT2D eigenvalue weighted by Gasteiger charge is -2.16. The second-order valence-electron chi connectivity index (χ2n) is 7.36. The molecule has 0 saturated carbocycles. The highest BCUT2D eigenvalue weighted by Gasteiger charge is 2.32. The normalized spacial score (nSPS) is 19.5. The lowest BCUT2D eigenvalue weighted by Crippen LogP contribution is -2.22. The summed E-state index contributed by atoms with van der Waals surface area (Å²) in [5, 5.41) is 4.42. The van der Waals surface area contributed by atoms with E-state index in [4.69, 9.17) is 16.6 Å². The van der Waals surface area contributed by atoms with Crippen LogP contribution in [0.2, 0.25) is 0 Å². The predicted molar refractivity (Wildman–Crippen MR) is 103 cm³/mol. The SMILES string of the molecule is CC(C)c1ccc(CN(C)Cn2nc([C@H]3CCS(=O)(=O)C3)oc2=S)cc1. The molecule has 0 N–H and O–H groups in total. The molecule has 0 unspecified atom stereocenters. The van der Waals surface area contributed by atoms with E-state index < -0.39 is 9.84 Å². The topological polar surface area (TPSA) is 68.3 Å². The molecule has 0 amide bonds. The molecule has 8 heteroatoms. The molecule has 142 valence electrons. The molecule has 26 heavy (non-hydrogen) atoms. The zero-order chi connectivity index (χ0) is 18.9. The maximum atomic E-state index is 11.6. The summed E-state index contributed by atoms with van der Waals surface area (Å²) in [5.41, 5.74) is 2.54. The summed E-state index contributed by atoms with van der Waals surface area (Å²) in [6.45, 7) is 5.62. The Kier molecular flexibility index (Phi) is 5.64. The lowest BCUT2D eigenvalue weighted by atomic mass is 10.0. The molecule has 0 aliphatic carbocycles. The van der Waals surface area contributed by atoms with Crippen LogP contribution in [0.25, 0.3) is 0 Å². The van der Waals surface area contributed by atoms with Crippen LogP contribution < -0.4 is 0 Å². The van der Waals surface area contributed by atoms with Crippen LogP contribution >= 0.6 is 12.2 Å². The highest BCUT2D eigenvalue weighted by molar-refractivity contribution is 7.91. The highest BCUT2D eigenvalue weighted by atomic mass is 32.2. The molecule has 2 heterocycles. The molecule has 1 aromatic heterocycles. The quantitative estimate of drug-likeness (QED) is 0.699. The molecular weight excluding hydrogens is 370 g/mol. The fourth-order valence-corrected chi connectivity index (χ4v) is 5.08. The van der Waals surface area contributed by atoms with Crippen LogP contribution in [0.5, 0.6) is 0 Å². The van der Waals surface area contributed by atoms with Gasteiger partial charge in [-0.25, -0.2) is 13.1 Å². The van der Waals surface area contributed by atoms with E-state index in [1.54, 1.807) is 4.68 Å². The molecule has 1 saturated heterocycles. The van der Waals surface area contributed by atoms with Gasteiger partial charge in [-0.05, 0) is 42.7 Å². The zero-order valence-corrected chi connectivity index (χ0v) is 17.0. The summed E-state index contributed by atoms with van der Waals surface area (Å²) in [6, 6.07) is 8.61. The Morgan fingerprint density at radius 2 is 2.04 bits per heavy atom. The van der Waals surface area contributed by atoms with Gasteiger partial charge in [0.05, 0.1) is 24.1 Å². The fourth-order valence-electron chi connectivity index (χ4n) is 3.16. The van der Waals surface area contributed by atoms with Crippen molar-refractivity contribution in [2.75, 3.05) is 18.6 Å². The number of sulfone groups is 1. The summed E-state index contributed by atoms with van der Waals surface area (Å²) >= 11 is 5.25. The van der Waals surface area contributed by atoms with Crippen LogP contribution in [0, 0.1) is 4.84 Å². The first kappa shape index (κ1) is 19.3. The Labute approximate surface area is 159 Å². The van der Waals surface area contributed by atoms with Gasteiger partial charge in [-0.2, -0.15) is 0 Å². The van der Waals surface area contributed by atoms with Crippen LogP contribution in [-0.4, -0.2) is 41.7 Å². The molecule has 1 fully saturated rings.